The van der Waals surface area contributed by atoms with Gasteiger partial charge in [-0.05, 0) is 58.3 Å². The molecule has 2 aromatic carbocycles. The number of benzene rings is 2. The van der Waals surface area contributed by atoms with Crippen LogP contribution in [0.25, 0.3) is 0 Å². The smallest absolute Gasteiger partial charge is 0.224 e. The Balaban J connectivity index is 1.93. The molecule has 2 aromatic rings. The van der Waals surface area contributed by atoms with E-state index in [4.69, 9.17) is 0 Å². The van der Waals surface area contributed by atoms with E-state index in [0.717, 1.165) is 9.26 Å². The van der Waals surface area contributed by atoms with Crippen molar-refractivity contribution in [2.75, 3.05) is 5.32 Å². The molecule has 98 valence electrons. The van der Waals surface area contributed by atoms with Crippen LogP contribution < -0.4 is 5.32 Å². The first-order valence-corrected chi connectivity index (χ1v) is 7.33. The maximum Gasteiger partial charge on any atom is 0.224 e. The van der Waals surface area contributed by atoms with Crippen LogP contribution in [0.2, 0.25) is 0 Å². The van der Waals surface area contributed by atoms with E-state index in [0.29, 0.717) is 6.42 Å². The third-order valence-electron chi connectivity index (χ3n) is 2.99. The van der Waals surface area contributed by atoms with Gasteiger partial charge < -0.3 is 5.32 Å². The van der Waals surface area contributed by atoms with Crippen LogP contribution in [0.3, 0.4) is 0 Å². The SMILES string of the molecule is C[C@H](CC(=O)Nc1ccc(I)cc1)c1ccccc1. The minimum absolute atomic E-state index is 0.0533. The van der Waals surface area contributed by atoms with Crippen molar-refractivity contribution in [2.24, 2.45) is 0 Å². The van der Waals surface area contributed by atoms with Crippen molar-refractivity contribution in [3.63, 3.8) is 0 Å². The molecule has 0 aliphatic heterocycles. The third kappa shape index (κ3) is 4.35. The molecule has 0 radical (unpaired) electrons. The molecular weight excluding hydrogens is 349 g/mol. The van der Waals surface area contributed by atoms with Gasteiger partial charge in [-0.1, -0.05) is 37.3 Å². The molecule has 3 heteroatoms. The molecule has 2 nitrogen and oxygen atoms in total. The van der Waals surface area contributed by atoms with E-state index in [1.165, 1.54) is 5.56 Å². The van der Waals surface area contributed by atoms with Gasteiger partial charge in [0.05, 0.1) is 0 Å². The zero-order chi connectivity index (χ0) is 13.7. The largest absolute Gasteiger partial charge is 0.326 e. The van der Waals surface area contributed by atoms with Gasteiger partial charge in [-0.25, -0.2) is 0 Å². The molecule has 0 aromatic heterocycles. The van der Waals surface area contributed by atoms with E-state index in [-0.39, 0.29) is 11.8 Å². The van der Waals surface area contributed by atoms with Crippen LogP contribution >= 0.6 is 22.6 Å². The van der Waals surface area contributed by atoms with Gasteiger partial charge in [-0.15, -0.1) is 0 Å². The first-order valence-electron chi connectivity index (χ1n) is 6.25. The quantitative estimate of drug-likeness (QED) is 0.799. The Morgan fingerprint density at radius 2 is 1.74 bits per heavy atom. The van der Waals surface area contributed by atoms with E-state index in [9.17, 15) is 4.79 Å². The lowest BCUT2D eigenvalue weighted by atomic mass is 9.97. The number of halogens is 1. The molecule has 19 heavy (non-hydrogen) atoms. The zero-order valence-corrected chi connectivity index (χ0v) is 12.9. The summed E-state index contributed by atoms with van der Waals surface area (Å²) in [6.45, 7) is 2.07. The number of amides is 1. The predicted octanol–water partition coefficient (Wildman–Crippen LogP) is 4.42. The van der Waals surface area contributed by atoms with E-state index in [1.54, 1.807) is 0 Å². The number of hydrogen-bond donors (Lipinski definition) is 1. The Morgan fingerprint density at radius 3 is 2.37 bits per heavy atom. The Morgan fingerprint density at radius 1 is 1.11 bits per heavy atom. The summed E-state index contributed by atoms with van der Waals surface area (Å²) < 4.78 is 1.16. The Labute approximate surface area is 127 Å². The molecule has 1 N–H and O–H groups in total. The van der Waals surface area contributed by atoms with Crippen molar-refractivity contribution in [1.82, 2.24) is 0 Å². The van der Waals surface area contributed by atoms with E-state index in [1.807, 2.05) is 42.5 Å². The summed E-state index contributed by atoms with van der Waals surface area (Å²) in [7, 11) is 0. The second kappa shape index (κ2) is 6.70. The monoisotopic (exact) mass is 365 g/mol. The number of nitrogens with one attached hydrogen (secondary N) is 1. The lowest BCUT2D eigenvalue weighted by molar-refractivity contribution is -0.116. The fourth-order valence-corrected chi connectivity index (χ4v) is 2.28. The average Bonchev–Trinajstić information content (AvgIpc) is 2.42. The van der Waals surface area contributed by atoms with Crippen molar-refractivity contribution < 1.29 is 4.79 Å². The minimum Gasteiger partial charge on any atom is -0.326 e. The fraction of sp³-hybridized carbons (Fsp3) is 0.188. The van der Waals surface area contributed by atoms with E-state index >= 15 is 0 Å². The van der Waals surface area contributed by atoms with Gasteiger partial charge in [-0.3, -0.25) is 4.79 Å². The van der Waals surface area contributed by atoms with Crippen molar-refractivity contribution in [3.8, 4) is 0 Å². The van der Waals surface area contributed by atoms with Crippen LogP contribution in [-0.4, -0.2) is 5.91 Å². The molecule has 0 saturated heterocycles. The van der Waals surface area contributed by atoms with Gasteiger partial charge in [0.1, 0.15) is 0 Å². The second-order valence-corrected chi connectivity index (χ2v) is 5.82. The van der Waals surface area contributed by atoms with Gasteiger partial charge in [0, 0.05) is 15.7 Å². The first-order chi connectivity index (χ1) is 9.15. The molecule has 0 aliphatic carbocycles. The highest BCUT2D eigenvalue weighted by Crippen LogP contribution is 2.19. The van der Waals surface area contributed by atoms with Gasteiger partial charge >= 0.3 is 0 Å². The summed E-state index contributed by atoms with van der Waals surface area (Å²) in [6.07, 6.45) is 0.496. The maximum absolute atomic E-state index is 12.0. The van der Waals surface area contributed by atoms with Crippen molar-refractivity contribution in [2.45, 2.75) is 19.3 Å². The lowest BCUT2D eigenvalue weighted by Crippen LogP contribution is -2.14. The van der Waals surface area contributed by atoms with E-state index < -0.39 is 0 Å². The molecule has 1 atom stereocenters. The molecule has 1 amide bonds. The molecular formula is C16H16INO. The van der Waals surface area contributed by atoms with Crippen LogP contribution in [0.5, 0.6) is 0 Å². The average molecular weight is 365 g/mol. The molecule has 0 aliphatic rings. The van der Waals surface area contributed by atoms with Gasteiger partial charge in [0.2, 0.25) is 5.91 Å². The summed E-state index contributed by atoms with van der Waals surface area (Å²) in [5, 5.41) is 2.93. The van der Waals surface area contributed by atoms with Gasteiger partial charge in [-0.2, -0.15) is 0 Å². The summed E-state index contributed by atoms with van der Waals surface area (Å²) in [4.78, 5) is 12.0. The standard InChI is InChI=1S/C16H16INO/c1-12(13-5-3-2-4-6-13)11-16(19)18-15-9-7-14(17)8-10-15/h2-10,12H,11H2,1H3,(H,18,19)/t12-/m1/s1. The summed E-state index contributed by atoms with van der Waals surface area (Å²) in [5.74, 6) is 0.280. The second-order valence-electron chi connectivity index (χ2n) is 4.57. The molecule has 0 fully saturated rings. The summed E-state index contributed by atoms with van der Waals surface area (Å²) in [6, 6.07) is 17.9. The van der Waals surface area contributed by atoms with Gasteiger partial charge in [0.15, 0.2) is 0 Å². The number of anilines is 1. The minimum atomic E-state index is 0.0533. The van der Waals surface area contributed by atoms with Crippen molar-refractivity contribution in [1.29, 1.82) is 0 Å². The highest BCUT2D eigenvalue weighted by molar-refractivity contribution is 14.1. The zero-order valence-electron chi connectivity index (χ0n) is 10.8. The topological polar surface area (TPSA) is 29.1 Å². The lowest BCUT2D eigenvalue weighted by Gasteiger charge is -2.12. The summed E-state index contributed by atoms with van der Waals surface area (Å²) in [5.41, 5.74) is 2.05. The highest BCUT2D eigenvalue weighted by atomic mass is 127. The highest BCUT2D eigenvalue weighted by Gasteiger charge is 2.10. The fourth-order valence-electron chi connectivity index (χ4n) is 1.92. The maximum atomic E-state index is 12.0. The predicted molar refractivity (Wildman–Crippen MR) is 87.3 cm³/mol. The first kappa shape index (κ1) is 14.1. The summed E-state index contributed by atoms with van der Waals surface area (Å²) >= 11 is 2.25. The third-order valence-corrected chi connectivity index (χ3v) is 3.71. The molecule has 0 heterocycles. The normalized spacial score (nSPS) is 11.9. The Hall–Kier alpha value is -1.36. The van der Waals surface area contributed by atoms with Gasteiger partial charge in [0.25, 0.3) is 0 Å². The van der Waals surface area contributed by atoms with Crippen LogP contribution in [0, 0.1) is 3.57 Å². The Kier molecular flexibility index (Phi) is 4.96. The van der Waals surface area contributed by atoms with Crippen LogP contribution in [0.4, 0.5) is 5.69 Å². The van der Waals surface area contributed by atoms with Crippen LogP contribution in [-0.2, 0) is 4.79 Å². The van der Waals surface area contributed by atoms with Crippen molar-refractivity contribution in [3.05, 3.63) is 63.7 Å². The molecule has 2 rings (SSSR count). The number of carbonyl (C=O) groups is 1. The Bertz CT molecular complexity index is 536. The number of rotatable bonds is 4. The molecule has 0 spiro atoms. The van der Waals surface area contributed by atoms with Crippen molar-refractivity contribution >= 4 is 34.2 Å². The number of hydrogen-bond acceptors (Lipinski definition) is 1. The van der Waals surface area contributed by atoms with Crippen LogP contribution in [0.15, 0.2) is 54.6 Å². The molecule has 0 saturated carbocycles. The van der Waals surface area contributed by atoms with E-state index in [2.05, 4.69) is 47.0 Å². The molecule has 0 unspecified atom stereocenters. The molecule has 0 bridgehead atoms. The van der Waals surface area contributed by atoms with Crippen LogP contribution in [0.1, 0.15) is 24.8 Å². The number of carbonyl (C=O) groups excluding carboxylic acids is 1.